The second-order valence-electron chi connectivity index (χ2n) is 4.06. The van der Waals surface area contributed by atoms with Crippen molar-refractivity contribution in [2.45, 2.75) is 13.8 Å². The molecule has 0 bridgehead atoms. The van der Waals surface area contributed by atoms with E-state index in [1.807, 2.05) is 31.1 Å². The zero-order valence-corrected chi connectivity index (χ0v) is 10.1. The smallest absolute Gasteiger partial charge is 0.122 e. The number of hydrogen-bond donors (Lipinski definition) is 0. The van der Waals surface area contributed by atoms with Gasteiger partial charge in [0.05, 0.1) is 19.1 Å². The van der Waals surface area contributed by atoms with Crippen LogP contribution in [-0.2, 0) is 7.05 Å². The standard InChI is InChI=1S/C13H16N2O/c1-9-6-13(16-4)10(2)5-11(9)12-7-15(3)8-14-12/h5-8H,1-4H3. The maximum absolute atomic E-state index is 5.30. The van der Waals surface area contributed by atoms with E-state index in [9.17, 15) is 0 Å². The van der Waals surface area contributed by atoms with Gasteiger partial charge < -0.3 is 9.30 Å². The molecule has 1 heterocycles. The lowest BCUT2D eigenvalue weighted by atomic mass is 10.0. The van der Waals surface area contributed by atoms with Crippen molar-refractivity contribution >= 4 is 0 Å². The Morgan fingerprint density at radius 1 is 1.19 bits per heavy atom. The summed E-state index contributed by atoms with van der Waals surface area (Å²) < 4.78 is 7.25. The van der Waals surface area contributed by atoms with E-state index >= 15 is 0 Å². The zero-order valence-electron chi connectivity index (χ0n) is 10.1. The van der Waals surface area contributed by atoms with Gasteiger partial charge in [-0.2, -0.15) is 0 Å². The maximum Gasteiger partial charge on any atom is 0.122 e. The fraction of sp³-hybridized carbons (Fsp3) is 0.308. The van der Waals surface area contributed by atoms with Crippen LogP contribution < -0.4 is 4.74 Å². The highest BCUT2D eigenvalue weighted by atomic mass is 16.5. The van der Waals surface area contributed by atoms with E-state index in [0.29, 0.717) is 0 Å². The molecule has 3 heteroatoms. The summed E-state index contributed by atoms with van der Waals surface area (Å²) in [5.41, 5.74) is 4.49. The molecule has 0 saturated carbocycles. The molecule has 0 unspecified atom stereocenters. The molecule has 16 heavy (non-hydrogen) atoms. The molecule has 0 amide bonds. The van der Waals surface area contributed by atoms with Crippen LogP contribution in [0.4, 0.5) is 0 Å². The molecule has 1 aromatic carbocycles. The Kier molecular flexibility index (Phi) is 2.69. The lowest BCUT2D eigenvalue weighted by molar-refractivity contribution is 0.411. The average molecular weight is 216 g/mol. The summed E-state index contributed by atoms with van der Waals surface area (Å²) in [6, 6.07) is 4.18. The Bertz CT molecular complexity index is 515. The van der Waals surface area contributed by atoms with E-state index in [1.165, 1.54) is 11.1 Å². The quantitative estimate of drug-likeness (QED) is 0.771. The maximum atomic E-state index is 5.30. The van der Waals surface area contributed by atoms with Gasteiger partial charge in [0, 0.05) is 18.8 Å². The van der Waals surface area contributed by atoms with Crippen molar-refractivity contribution in [1.29, 1.82) is 0 Å². The van der Waals surface area contributed by atoms with Crippen LogP contribution in [0.1, 0.15) is 11.1 Å². The van der Waals surface area contributed by atoms with Crippen LogP contribution in [0.5, 0.6) is 5.75 Å². The fourth-order valence-electron chi connectivity index (χ4n) is 1.84. The van der Waals surface area contributed by atoms with Gasteiger partial charge in [0.1, 0.15) is 5.75 Å². The molecule has 0 atom stereocenters. The highest BCUT2D eigenvalue weighted by molar-refractivity contribution is 5.65. The van der Waals surface area contributed by atoms with E-state index in [2.05, 4.69) is 24.0 Å². The van der Waals surface area contributed by atoms with E-state index < -0.39 is 0 Å². The predicted molar refractivity (Wildman–Crippen MR) is 64.7 cm³/mol. The summed E-state index contributed by atoms with van der Waals surface area (Å²) in [5.74, 6) is 0.928. The van der Waals surface area contributed by atoms with Crippen LogP contribution in [0.25, 0.3) is 11.3 Å². The van der Waals surface area contributed by atoms with Crippen molar-refractivity contribution in [1.82, 2.24) is 9.55 Å². The number of aromatic nitrogens is 2. The Morgan fingerprint density at radius 3 is 2.50 bits per heavy atom. The molecular formula is C13H16N2O. The molecule has 0 aliphatic heterocycles. The molecule has 0 aliphatic rings. The fourth-order valence-corrected chi connectivity index (χ4v) is 1.84. The number of ether oxygens (including phenoxy) is 1. The van der Waals surface area contributed by atoms with Crippen LogP contribution in [0.15, 0.2) is 24.7 Å². The third kappa shape index (κ3) is 1.81. The molecule has 0 N–H and O–H groups in total. The van der Waals surface area contributed by atoms with E-state index in [1.54, 1.807) is 7.11 Å². The number of aryl methyl sites for hydroxylation is 3. The number of nitrogens with zero attached hydrogens (tertiary/aromatic N) is 2. The van der Waals surface area contributed by atoms with Crippen molar-refractivity contribution in [3.63, 3.8) is 0 Å². The van der Waals surface area contributed by atoms with Gasteiger partial charge in [-0.3, -0.25) is 0 Å². The summed E-state index contributed by atoms with van der Waals surface area (Å²) in [6.07, 6.45) is 3.84. The third-order valence-electron chi connectivity index (χ3n) is 2.72. The lowest BCUT2D eigenvalue weighted by Crippen LogP contribution is -1.91. The third-order valence-corrected chi connectivity index (χ3v) is 2.72. The van der Waals surface area contributed by atoms with Crippen LogP contribution in [0.2, 0.25) is 0 Å². The molecule has 3 nitrogen and oxygen atoms in total. The predicted octanol–water partition coefficient (Wildman–Crippen LogP) is 2.71. The summed E-state index contributed by atoms with van der Waals surface area (Å²) in [6.45, 7) is 4.12. The van der Waals surface area contributed by atoms with Gasteiger partial charge in [-0.1, -0.05) is 0 Å². The Morgan fingerprint density at radius 2 is 1.94 bits per heavy atom. The summed E-state index contributed by atoms with van der Waals surface area (Å²) >= 11 is 0. The molecule has 0 fully saturated rings. The number of hydrogen-bond acceptors (Lipinski definition) is 2. The van der Waals surface area contributed by atoms with Crippen LogP contribution in [0.3, 0.4) is 0 Å². The topological polar surface area (TPSA) is 27.1 Å². The Balaban J connectivity index is 2.54. The minimum Gasteiger partial charge on any atom is -0.496 e. The minimum absolute atomic E-state index is 0.928. The van der Waals surface area contributed by atoms with Crippen LogP contribution in [0, 0.1) is 13.8 Å². The molecule has 0 aliphatic carbocycles. The Hall–Kier alpha value is -1.77. The molecule has 84 valence electrons. The molecule has 1 aromatic heterocycles. The van der Waals surface area contributed by atoms with E-state index in [4.69, 9.17) is 4.74 Å². The van der Waals surface area contributed by atoms with Gasteiger partial charge in [-0.25, -0.2) is 4.98 Å². The summed E-state index contributed by atoms with van der Waals surface area (Å²) in [4.78, 5) is 4.37. The number of rotatable bonds is 2. The van der Waals surface area contributed by atoms with Crippen molar-refractivity contribution in [3.8, 4) is 17.0 Å². The van der Waals surface area contributed by atoms with Crippen molar-refractivity contribution in [2.75, 3.05) is 7.11 Å². The van der Waals surface area contributed by atoms with Crippen molar-refractivity contribution in [2.24, 2.45) is 7.05 Å². The van der Waals surface area contributed by atoms with Crippen molar-refractivity contribution < 1.29 is 4.74 Å². The number of benzene rings is 1. The molecular weight excluding hydrogens is 200 g/mol. The van der Waals surface area contributed by atoms with Gasteiger partial charge in [0.25, 0.3) is 0 Å². The zero-order chi connectivity index (χ0) is 11.7. The number of methoxy groups -OCH3 is 1. The van der Waals surface area contributed by atoms with Gasteiger partial charge in [0.15, 0.2) is 0 Å². The largest absolute Gasteiger partial charge is 0.496 e. The molecule has 0 saturated heterocycles. The summed E-state index contributed by atoms with van der Waals surface area (Å²) in [5, 5.41) is 0. The van der Waals surface area contributed by atoms with Crippen LogP contribution >= 0.6 is 0 Å². The lowest BCUT2D eigenvalue weighted by Gasteiger charge is -2.09. The van der Waals surface area contributed by atoms with Gasteiger partial charge in [-0.05, 0) is 37.1 Å². The molecule has 0 radical (unpaired) electrons. The van der Waals surface area contributed by atoms with E-state index in [0.717, 1.165) is 17.0 Å². The van der Waals surface area contributed by atoms with Gasteiger partial charge in [-0.15, -0.1) is 0 Å². The monoisotopic (exact) mass is 216 g/mol. The molecule has 2 rings (SSSR count). The second-order valence-corrected chi connectivity index (χ2v) is 4.06. The first-order valence-electron chi connectivity index (χ1n) is 5.25. The van der Waals surface area contributed by atoms with Crippen molar-refractivity contribution in [3.05, 3.63) is 35.8 Å². The van der Waals surface area contributed by atoms with Gasteiger partial charge >= 0.3 is 0 Å². The second kappa shape index (κ2) is 4.00. The summed E-state index contributed by atoms with van der Waals surface area (Å²) in [7, 11) is 3.67. The van der Waals surface area contributed by atoms with Crippen LogP contribution in [-0.4, -0.2) is 16.7 Å². The molecule has 2 aromatic rings. The first kappa shape index (κ1) is 10.7. The Labute approximate surface area is 95.7 Å². The normalized spacial score (nSPS) is 10.5. The SMILES string of the molecule is COc1cc(C)c(-c2cn(C)cn2)cc1C. The number of imidazole rings is 1. The highest BCUT2D eigenvalue weighted by Gasteiger charge is 2.08. The van der Waals surface area contributed by atoms with E-state index in [-0.39, 0.29) is 0 Å². The van der Waals surface area contributed by atoms with Gasteiger partial charge in [0.2, 0.25) is 0 Å². The first-order valence-corrected chi connectivity index (χ1v) is 5.25. The highest BCUT2D eigenvalue weighted by Crippen LogP contribution is 2.28. The average Bonchev–Trinajstić information content (AvgIpc) is 2.67. The minimum atomic E-state index is 0.928. The first-order chi connectivity index (χ1) is 7.61. The molecule has 0 spiro atoms.